The summed E-state index contributed by atoms with van der Waals surface area (Å²) in [5.74, 6) is -0.298. The third-order valence-corrected chi connectivity index (χ3v) is 6.07. The number of hydrogen-bond donors (Lipinski definition) is 2. The van der Waals surface area contributed by atoms with Crippen LogP contribution in [0.4, 0.5) is 20.7 Å². The second kappa shape index (κ2) is 12.7. The van der Waals surface area contributed by atoms with Crippen molar-refractivity contribution in [3.8, 4) is 16.9 Å². The number of urea groups is 1. The predicted molar refractivity (Wildman–Crippen MR) is 149 cm³/mol. The summed E-state index contributed by atoms with van der Waals surface area (Å²) >= 11 is 0. The van der Waals surface area contributed by atoms with Crippen molar-refractivity contribution in [1.82, 2.24) is 14.7 Å². The number of halogens is 1. The van der Waals surface area contributed by atoms with E-state index in [0.717, 1.165) is 30.4 Å². The molecule has 4 aromatic rings. The Balaban J connectivity index is 1.54. The molecule has 196 valence electrons. The van der Waals surface area contributed by atoms with E-state index in [0.29, 0.717) is 29.4 Å². The summed E-state index contributed by atoms with van der Waals surface area (Å²) in [6, 6.07) is 24.4. The molecule has 3 aromatic carbocycles. The molecule has 0 atom stereocenters. The van der Waals surface area contributed by atoms with Crippen LogP contribution in [0.5, 0.6) is 0 Å². The molecular formula is C30H32FN5O2. The average Bonchev–Trinajstić information content (AvgIpc) is 3.34. The maximum atomic E-state index is 13.6. The smallest absolute Gasteiger partial charge is 0.315 e. The van der Waals surface area contributed by atoms with Gasteiger partial charge in [0.25, 0.3) is 0 Å². The Kier molecular flexibility index (Phi) is 8.87. The van der Waals surface area contributed by atoms with Gasteiger partial charge in [0.05, 0.1) is 11.4 Å². The number of nitrogens with one attached hydrogen (secondary N) is 2. The van der Waals surface area contributed by atoms with Crippen LogP contribution < -0.4 is 10.6 Å². The number of carbonyl (C=O) groups excluding carboxylic acids is 2. The first-order valence-corrected chi connectivity index (χ1v) is 12.8. The van der Waals surface area contributed by atoms with Gasteiger partial charge in [-0.2, -0.15) is 5.10 Å². The monoisotopic (exact) mass is 513 g/mol. The van der Waals surface area contributed by atoms with Gasteiger partial charge in [-0.15, -0.1) is 0 Å². The van der Waals surface area contributed by atoms with Gasteiger partial charge in [-0.05, 0) is 49.7 Å². The van der Waals surface area contributed by atoms with Crippen LogP contribution in [0.25, 0.3) is 16.9 Å². The van der Waals surface area contributed by atoms with Crippen LogP contribution in [0.1, 0.15) is 31.7 Å². The van der Waals surface area contributed by atoms with Crippen molar-refractivity contribution >= 4 is 23.4 Å². The largest absolute Gasteiger partial charge is 0.322 e. The van der Waals surface area contributed by atoms with Gasteiger partial charge in [0.1, 0.15) is 18.2 Å². The van der Waals surface area contributed by atoms with Crippen LogP contribution in [0.15, 0.2) is 84.9 Å². The molecule has 38 heavy (non-hydrogen) atoms. The zero-order chi connectivity index (χ0) is 26.9. The summed E-state index contributed by atoms with van der Waals surface area (Å²) in [6.07, 6.45) is 2.74. The van der Waals surface area contributed by atoms with Crippen molar-refractivity contribution in [2.45, 2.75) is 33.1 Å². The number of rotatable bonds is 10. The van der Waals surface area contributed by atoms with Crippen LogP contribution in [-0.2, 0) is 4.79 Å². The summed E-state index contributed by atoms with van der Waals surface area (Å²) in [6.45, 7) is 4.39. The minimum Gasteiger partial charge on any atom is -0.315 e. The average molecular weight is 514 g/mol. The lowest BCUT2D eigenvalue weighted by molar-refractivity contribution is -0.116. The van der Waals surface area contributed by atoms with E-state index in [1.807, 2.05) is 61.5 Å². The summed E-state index contributed by atoms with van der Waals surface area (Å²) in [4.78, 5) is 27.8. The fraction of sp³-hybridized carbons (Fsp3) is 0.233. The van der Waals surface area contributed by atoms with Crippen molar-refractivity contribution in [3.63, 3.8) is 0 Å². The second-order valence-corrected chi connectivity index (χ2v) is 9.14. The number of nitrogens with zero attached hydrogens (tertiary/aromatic N) is 3. The maximum absolute atomic E-state index is 13.6. The molecule has 0 unspecified atom stereocenters. The molecule has 0 aliphatic heterocycles. The van der Waals surface area contributed by atoms with Gasteiger partial charge in [-0.25, -0.2) is 13.9 Å². The van der Waals surface area contributed by atoms with E-state index in [1.165, 1.54) is 17.0 Å². The molecule has 1 heterocycles. The molecule has 0 saturated heterocycles. The molecule has 0 radical (unpaired) electrons. The Morgan fingerprint density at radius 3 is 2.32 bits per heavy atom. The number of carbonyl (C=O) groups is 2. The molecule has 0 fully saturated rings. The number of benzene rings is 3. The van der Waals surface area contributed by atoms with E-state index in [1.54, 1.807) is 22.9 Å². The van der Waals surface area contributed by atoms with Gasteiger partial charge < -0.3 is 15.5 Å². The zero-order valence-corrected chi connectivity index (χ0v) is 21.7. The molecule has 3 amide bonds. The molecule has 4 rings (SSSR count). The fourth-order valence-corrected chi connectivity index (χ4v) is 4.00. The summed E-state index contributed by atoms with van der Waals surface area (Å²) in [7, 11) is 0. The highest BCUT2D eigenvalue weighted by Crippen LogP contribution is 2.25. The van der Waals surface area contributed by atoms with Crippen molar-refractivity contribution < 1.29 is 14.0 Å². The van der Waals surface area contributed by atoms with Crippen molar-refractivity contribution in [3.05, 3.63) is 96.3 Å². The maximum Gasteiger partial charge on any atom is 0.322 e. The van der Waals surface area contributed by atoms with Crippen LogP contribution >= 0.6 is 0 Å². The van der Waals surface area contributed by atoms with Gasteiger partial charge >= 0.3 is 6.03 Å². The molecule has 1 aromatic heterocycles. The highest BCUT2D eigenvalue weighted by atomic mass is 19.1. The second-order valence-electron chi connectivity index (χ2n) is 9.14. The van der Waals surface area contributed by atoms with Gasteiger partial charge in [0, 0.05) is 23.9 Å². The lowest BCUT2D eigenvalue weighted by Gasteiger charge is -2.23. The predicted octanol–water partition coefficient (Wildman–Crippen LogP) is 6.65. The van der Waals surface area contributed by atoms with Crippen molar-refractivity contribution in [2.75, 3.05) is 23.7 Å². The lowest BCUT2D eigenvalue weighted by atomic mass is 10.1. The Labute approximate surface area is 222 Å². The number of unbranched alkanes of at least 4 members (excludes halogenated alkanes) is 2. The standard InChI is InChI=1S/C30H32FN5O2/c1-3-4-8-19-35(30(38)32-25-15-11-22(2)12-16-25)21-29(37)33-28-20-27(23-9-6-5-7-10-23)34-36(28)26-17-13-24(31)14-18-26/h5-7,9-18,20H,3-4,8,19,21H2,1-2H3,(H,32,38)(H,33,37). The Morgan fingerprint density at radius 1 is 0.921 bits per heavy atom. The highest BCUT2D eigenvalue weighted by Gasteiger charge is 2.20. The van der Waals surface area contributed by atoms with E-state index in [4.69, 9.17) is 0 Å². The molecule has 0 bridgehead atoms. The van der Waals surface area contributed by atoms with Crippen LogP contribution in [0.3, 0.4) is 0 Å². The fourth-order valence-electron chi connectivity index (χ4n) is 4.00. The van der Waals surface area contributed by atoms with E-state index in [9.17, 15) is 14.0 Å². The molecule has 0 aliphatic rings. The van der Waals surface area contributed by atoms with E-state index in [2.05, 4.69) is 22.7 Å². The number of aromatic nitrogens is 2. The molecule has 0 saturated carbocycles. The minimum absolute atomic E-state index is 0.128. The Hall–Kier alpha value is -4.46. The third kappa shape index (κ3) is 7.06. The summed E-state index contributed by atoms with van der Waals surface area (Å²) in [5, 5.41) is 10.5. The SMILES string of the molecule is CCCCCN(CC(=O)Nc1cc(-c2ccccc2)nn1-c1ccc(F)cc1)C(=O)Nc1ccc(C)cc1. The number of aryl methyl sites for hydroxylation is 1. The minimum atomic E-state index is -0.364. The first-order chi connectivity index (χ1) is 18.4. The van der Waals surface area contributed by atoms with Crippen LogP contribution in [-0.4, -0.2) is 39.7 Å². The molecule has 7 nitrogen and oxygen atoms in total. The topological polar surface area (TPSA) is 79.3 Å². The Morgan fingerprint density at radius 2 is 1.63 bits per heavy atom. The first-order valence-electron chi connectivity index (χ1n) is 12.8. The van der Waals surface area contributed by atoms with Crippen molar-refractivity contribution in [1.29, 1.82) is 0 Å². The van der Waals surface area contributed by atoms with Gasteiger partial charge in [-0.3, -0.25) is 4.79 Å². The first kappa shape index (κ1) is 26.6. The van der Waals surface area contributed by atoms with Gasteiger partial charge in [-0.1, -0.05) is 67.8 Å². The van der Waals surface area contributed by atoms with E-state index >= 15 is 0 Å². The number of anilines is 2. The van der Waals surface area contributed by atoms with E-state index < -0.39 is 0 Å². The summed E-state index contributed by atoms with van der Waals surface area (Å²) < 4.78 is 15.1. The van der Waals surface area contributed by atoms with E-state index in [-0.39, 0.29) is 24.3 Å². The number of amides is 3. The lowest BCUT2D eigenvalue weighted by Crippen LogP contribution is -2.41. The zero-order valence-electron chi connectivity index (χ0n) is 21.7. The molecular weight excluding hydrogens is 481 g/mol. The van der Waals surface area contributed by atoms with Crippen LogP contribution in [0, 0.1) is 12.7 Å². The normalized spacial score (nSPS) is 10.7. The number of hydrogen-bond acceptors (Lipinski definition) is 3. The van der Waals surface area contributed by atoms with Gasteiger partial charge in [0.2, 0.25) is 5.91 Å². The molecule has 0 aliphatic carbocycles. The van der Waals surface area contributed by atoms with Gasteiger partial charge in [0.15, 0.2) is 0 Å². The Bertz CT molecular complexity index is 1350. The third-order valence-electron chi connectivity index (χ3n) is 6.07. The summed E-state index contributed by atoms with van der Waals surface area (Å²) in [5.41, 5.74) is 3.89. The molecule has 0 spiro atoms. The van der Waals surface area contributed by atoms with Crippen molar-refractivity contribution in [2.24, 2.45) is 0 Å². The quantitative estimate of drug-likeness (QED) is 0.233. The highest BCUT2D eigenvalue weighted by molar-refractivity contribution is 5.97. The molecule has 2 N–H and O–H groups in total. The van der Waals surface area contributed by atoms with Crippen LogP contribution in [0.2, 0.25) is 0 Å². The molecule has 8 heteroatoms.